The highest BCUT2D eigenvalue weighted by Gasteiger charge is 2.26. The van der Waals surface area contributed by atoms with E-state index in [0.29, 0.717) is 19.0 Å². The first-order valence-electron chi connectivity index (χ1n) is 7.64. The van der Waals surface area contributed by atoms with Crippen LogP contribution in [0.3, 0.4) is 0 Å². The number of hydrogen-bond donors (Lipinski definition) is 3. The van der Waals surface area contributed by atoms with Crippen LogP contribution in [0.25, 0.3) is 0 Å². The third-order valence-electron chi connectivity index (χ3n) is 3.65. The molecule has 1 aromatic rings. The molecule has 0 radical (unpaired) electrons. The lowest BCUT2D eigenvalue weighted by Gasteiger charge is -2.24. The van der Waals surface area contributed by atoms with E-state index in [-0.39, 0.29) is 5.91 Å². The largest absolute Gasteiger partial charge is 0.496 e. The molecule has 1 aromatic carbocycles. The summed E-state index contributed by atoms with van der Waals surface area (Å²) < 4.78 is 5.40. The Hall–Kier alpha value is -2.24. The number of aliphatic imine (C=N–C) groups is 1. The van der Waals surface area contributed by atoms with Crippen LogP contribution in [0.1, 0.15) is 25.0 Å². The smallest absolute Gasteiger partial charge is 0.227 e. The first-order chi connectivity index (χ1) is 10.8. The zero-order valence-corrected chi connectivity index (χ0v) is 14.9. The third-order valence-corrected chi connectivity index (χ3v) is 3.65. The number of ether oxygens (including phenoxy) is 1. The molecule has 6 heteroatoms. The summed E-state index contributed by atoms with van der Waals surface area (Å²) in [5, 5.41) is 9.09. The van der Waals surface area contributed by atoms with E-state index in [1.807, 2.05) is 39.0 Å². The molecule has 128 valence electrons. The van der Waals surface area contributed by atoms with E-state index >= 15 is 0 Å². The maximum absolute atomic E-state index is 11.8. The highest BCUT2D eigenvalue weighted by atomic mass is 16.5. The normalized spacial score (nSPS) is 11.8. The van der Waals surface area contributed by atoms with Crippen LogP contribution in [0, 0.1) is 12.3 Å². The maximum atomic E-state index is 11.8. The quantitative estimate of drug-likeness (QED) is 0.548. The molecular formula is C17H28N4O2. The predicted octanol–water partition coefficient (Wildman–Crippen LogP) is 1.44. The third kappa shape index (κ3) is 5.47. The van der Waals surface area contributed by atoms with Crippen molar-refractivity contribution in [2.75, 3.05) is 27.7 Å². The van der Waals surface area contributed by atoms with Gasteiger partial charge in [0.05, 0.1) is 12.5 Å². The van der Waals surface area contributed by atoms with Crippen LogP contribution in [-0.4, -0.2) is 39.6 Å². The topological polar surface area (TPSA) is 74.8 Å². The van der Waals surface area contributed by atoms with Gasteiger partial charge in [-0.25, -0.2) is 0 Å². The van der Waals surface area contributed by atoms with Crippen molar-refractivity contribution in [2.24, 2.45) is 10.4 Å². The maximum Gasteiger partial charge on any atom is 0.227 e. The van der Waals surface area contributed by atoms with Gasteiger partial charge < -0.3 is 20.7 Å². The van der Waals surface area contributed by atoms with Crippen molar-refractivity contribution >= 4 is 11.9 Å². The van der Waals surface area contributed by atoms with Crippen LogP contribution in [0.5, 0.6) is 5.75 Å². The second kappa shape index (κ2) is 8.41. The van der Waals surface area contributed by atoms with Gasteiger partial charge in [-0.3, -0.25) is 9.79 Å². The fourth-order valence-electron chi connectivity index (χ4n) is 2.12. The summed E-state index contributed by atoms with van der Waals surface area (Å²) in [6.07, 6.45) is 0. The number of aryl methyl sites for hydroxylation is 1. The van der Waals surface area contributed by atoms with Crippen LogP contribution in [-0.2, 0) is 11.3 Å². The van der Waals surface area contributed by atoms with Crippen molar-refractivity contribution in [3.05, 3.63) is 29.3 Å². The van der Waals surface area contributed by atoms with Crippen LogP contribution >= 0.6 is 0 Å². The molecule has 23 heavy (non-hydrogen) atoms. The second-order valence-corrected chi connectivity index (χ2v) is 6.06. The van der Waals surface area contributed by atoms with Crippen molar-refractivity contribution in [3.8, 4) is 5.75 Å². The molecule has 0 aromatic heterocycles. The van der Waals surface area contributed by atoms with Gasteiger partial charge in [-0.2, -0.15) is 0 Å². The van der Waals surface area contributed by atoms with Crippen molar-refractivity contribution in [2.45, 2.75) is 27.3 Å². The minimum Gasteiger partial charge on any atom is -0.496 e. The summed E-state index contributed by atoms with van der Waals surface area (Å²) in [5.41, 5.74) is 1.68. The number of guanidine groups is 1. The lowest BCUT2D eigenvalue weighted by molar-refractivity contribution is -0.128. The second-order valence-electron chi connectivity index (χ2n) is 6.06. The summed E-state index contributed by atoms with van der Waals surface area (Å²) in [4.78, 5) is 16.0. The molecule has 6 nitrogen and oxygen atoms in total. The Labute approximate surface area is 138 Å². The first-order valence-corrected chi connectivity index (χ1v) is 7.64. The van der Waals surface area contributed by atoms with Crippen LogP contribution in [0.2, 0.25) is 0 Å². The predicted molar refractivity (Wildman–Crippen MR) is 93.8 cm³/mol. The number of carbonyl (C=O) groups excluding carboxylic acids is 1. The van der Waals surface area contributed by atoms with Gasteiger partial charge >= 0.3 is 0 Å². The van der Waals surface area contributed by atoms with Crippen LogP contribution in [0.15, 0.2) is 23.2 Å². The number of rotatable bonds is 6. The Morgan fingerprint density at radius 2 is 2.00 bits per heavy atom. The Balaban J connectivity index is 2.63. The Morgan fingerprint density at radius 3 is 2.57 bits per heavy atom. The summed E-state index contributed by atoms with van der Waals surface area (Å²) in [6, 6.07) is 6.08. The van der Waals surface area contributed by atoms with Crippen molar-refractivity contribution < 1.29 is 9.53 Å². The molecule has 0 aliphatic heterocycles. The fraction of sp³-hybridized carbons (Fsp3) is 0.529. The highest BCUT2D eigenvalue weighted by Crippen LogP contribution is 2.19. The van der Waals surface area contributed by atoms with E-state index in [9.17, 15) is 4.79 Å². The van der Waals surface area contributed by atoms with Gasteiger partial charge in [0, 0.05) is 32.7 Å². The van der Waals surface area contributed by atoms with Crippen LogP contribution < -0.4 is 20.7 Å². The lowest BCUT2D eigenvalue weighted by Crippen LogP contribution is -2.47. The zero-order chi connectivity index (χ0) is 17.5. The molecular weight excluding hydrogens is 292 g/mol. The van der Waals surface area contributed by atoms with Gasteiger partial charge in [0.15, 0.2) is 5.96 Å². The van der Waals surface area contributed by atoms with E-state index in [1.165, 1.54) is 0 Å². The SMILES string of the molecule is CN=C(NCc1ccc(C)cc1OC)NCC(C)(C)C(=O)NC. The molecule has 0 unspecified atom stereocenters. The van der Waals surface area contributed by atoms with Gasteiger partial charge in [-0.15, -0.1) is 0 Å². The van der Waals surface area contributed by atoms with E-state index in [0.717, 1.165) is 16.9 Å². The molecule has 0 aliphatic carbocycles. The zero-order valence-electron chi connectivity index (χ0n) is 14.9. The molecule has 0 bridgehead atoms. The number of benzene rings is 1. The van der Waals surface area contributed by atoms with Gasteiger partial charge in [-0.05, 0) is 32.4 Å². The number of methoxy groups -OCH3 is 1. The Kier molecular flexibility index (Phi) is 6.88. The van der Waals surface area contributed by atoms with E-state index in [4.69, 9.17) is 4.74 Å². The number of hydrogen-bond acceptors (Lipinski definition) is 3. The molecule has 1 amide bonds. The average Bonchev–Trinajstić information content (AvgIpc) is 2.54. The number of nitrogens with zero attached hydrogens (tertiary/aromatic N) is 1. The Morgan fingerprint density at radius 1 is 1.30 bits per heavy atom. The van der Waals surface area contributed by atoms with Crippen molar-refractivity contribution in [3.63, 3.8) is 0 Å². The standard InChI is InChI=1S/C17H28N4O2/c1-12-7-8-13(14(9-12)23-6)10-20-16(19-5)21-11-17(2,3)15(22)18-4/h7-9H,10-11H2,1-6H3,(H,18,22)(H2,19,20,21). The monoisotopic (exact) mass is 320 g/mol. The summed E-state index contributed by atoms with van der Waals surface area (Å²) in [6.45, 7) is 6.87. The fourth-order valence-corrected chi connectivity index (χ4v) is 2.12. The van der Waals surface area contributed by atoms with Crippen molar-refractivity contribution in [1.29, 1.82) is 0 Å². The van der Waals surface area contributed by atoms with E-state index in [2.05, 4.69) is 20.9 Å². The molecule has 0 saturated carbocycles. The summed E-state index contributed by atoms with van der Waals surface area (Å²) in [7, 11) is 5.01. The molecule has 0 fully saturated rings. The minimum absolute atomic E-state index is 0.0133. The van der Waals surface area contributed by atoms with Gasteiger partial charge in [0.25, 0.3) is 0 Å². The van der Waals surface area contributed by atoms with Gasteiger partial charge in [0.1, 0.15) is 5.75 Å². The molecule has 0 atom stereocenters. The molecule has 0 aliphatic rings. The van der Waals surface area contributed by atoms with E-state index in [1.54, 1.807) is 21.2 Å². The minimum atomic E-state index is -0.520. The Bertz CT molecular complexity index is 568. The summed E-state index contributed by atoms with van der Waals surface area (Å²) in [5.74, 6) is 1.48. The number of carbonyl (C=O) groups is 1. The van der Waals surface area contributed by atoms with Crippen molar-refractivity contribution in [1.82, 2.24) is 16.0 Å². The lowest BCUT2D eigenvalue weighted by atomic mass is 9.92. The summed E-state index contributed by atoms with van der Waals surface area (Å²) >= 11 is 0. The first kappa shape index (κ1) is 18.8. The molecule has 3 N–H and O–H groups in total. The van der Waals surface area contributed by atoms with E-state index < -0.39 is 5.41 Å². The van der Waals surface area contributed by atoms with Gasteiger partial charge in [-0.1, -0.05) is 12.1 Å². The molecule has 0 heterocycles. The van der Waals surface area contributed by atoms with Crippen LogP contribution in [0.4, 0.5) is 0 Å². The average molecular weight is 320 g/mol. The number of nitrogens with one attached hydrogen (secondary N) is 3. The molecule has 0 spiro atoms. The molecule has 1 rings (SSSR count). The number of amides is 1. The molecule has 0 saturated heterocycles. The highest BCUT2D eigenvalue weighted by molar-refractivity contribution is 5.84. The van der Waals surface area contributed by atoms with Gasteiger partial charge in [0.2, 0.25) is 5.91 Å².